The van der Waals surface area contributed by atoms with Crippen LogP contribution in [0.3, 0.4) is 0 Å². The topological polar surface area (TPSA) is 78.9 Å². The first-order valence-corrected chi connectivity index (χ1v) is 35.1. The van der Waals surface area contributed by atoms with Crippen LogP contribution in [0.5, 0.6) is 0 Å². The summed E-state index contributed by atoms with van der Waals surface area (Å²) in [5.41, 5.74) is 0. The molecule has 0 amide bonds. The van der Waals surface area contributed by atoms with E-state index >= 15 is 0 Å². The predicted octanol–water partition coefficient (Wildman–Crippen LogP) is 24.1. The number of unbranched alkanes of at least 4 members (excludes halogenated alkanes) is 46. The number of carbonyl (C=O) groups excluding carboxylic acids is 3. The molecule has 0 rings (SSSR count). The van der Waals surface area contributed by atoms with E-state index in [1.165, 1.54) is 263 Å². The Hall–Kier alpha value is -2.63. The van der Waals surface area contributed by atoms with Gasteiger partial charge in [0.15, 0.2) is 6.10 Å². The molecule has 79 heavy (non-hydrogen) atoms. The van der Waals surface area contributed by atoms with E-state index in [-0.39, 0.29) is 31.1 Å². The van der Waals surface area contributed by atoms with Crippen molar-refractivity contribution in [3.63, 3.8) is 0 Å². The summed E-state index contributed by atoms with van der Waals surface area (Å²) in [7, 11) is 0. The average Bonchev–Trinajstić information content (AvgIpc) is 3.45. The number of carbonyl (C=O) groups is 3. The fourth-order valence-electron chi connectivity index (χ4n) is 10.5. The Morgan fingerprint density at radius 2 is 0.456 bits per heavy atom. The fourth-order valence-corrected chi connectivity index (χ4v) is 10.5. The number of hydrogen-bond donors (Lipinski definition) is 0. The van der Waals surface area contributed by atoms with Gasteiger partial charge in [-0.05, 0) is 83.5 Å². The Balaban J connectivity index is 4.23. The Kier molecular flexibility index (Phi) is 65.6. The molecule has 0 N–H and O–H groups in total. The van der Waals surface area contributed by atoms with Crippen LogP contribution in [-0.4, -0.2) is 37.2 Å². The van der Waals surface area contributed by atoms with Crippen LogP contribution in [0.1, 0.15) is 380 Å². The standard InChI is InChI=1S/C73H134O6/c1-4-7-10-13-16-19-22-25-28-30-31-32-33-34-35-36-37-38-39-40-41-43-45-48-51-54-57-60-63-66-72(75)78-69-70(68-77-71(74)65-62-59-56-53-50-47-44-27-24-21-18-15-12-9-6-3)79-73(76)67-64-61-58-55-52-49-46-42-29-26-23-20-17-14-11-8-5-2/h22,25,27,30-31,33-34,44,70H,4-21,23-24,26,28-29,32,35-43,45-69H2,1-3H3/b25-22-,31-30-,34-33-,44-27-. The van der Waals surface area contributed by atoms with Gasteiger partial charge in [0.1, 0.15) is 13.2 Å². The lowest BCUT2D eigenvalue weighted by Crippen LogP contribution is -2.30. The van der Waals surface area contributed by atoms with Gasteiger partial charge in [-0.1, -0.05) is 326 Å². The average molecular weight is 1110 g/mol. The van der Waals surface area contributed by atoms with Gasteiger partial charge < -0.3 is 14.2 Å². The zero-order chi connectivity index (χ0) is 57.1. The van der Waals surface area contributed by atoms with Gasteiger partial charge in [-0.15, -0.1) is 0 Å². The number of allylic oxidation sites excluding steroid dienone is 8. The van der Waals surface area contributed by atoms with E-state index in [4.69, 9.17) is 14.2 Å². The molecule has 0 aromatic rings. The third-order valence-electron chi connectivity index (χ3n) is 15.8. The zero-order valence-electron chi connectivity index (χ0n) is 53.2. The van der Waals surface area contributed by atoms with E-state index in [1.807, 2.05) is 0 Å². The third kappa shape index (κ3) is 66.1. The Bertz CT molecular complexity index is 1360. The maximum Gasteiger partial charge on any atom is 0.306 e. The second kappa shape index (κ2) is 67.9. The van der Waals surface area contributed by atoms with Gasteiger partial charge in [-0.3, -0.25) is 14.4 Å². The number of esters is 3. The molecule has 0 saturated heterocycles. The van der Waals surface area contributed by atoms with Crippen LogP contribution in [0.2, 0.25) is 0 Å². The molecule has 0 heterocycles. The summed E-state index contributed by atoms with van der Waals surface area (Å²) in [6.07, 6.45) is 85.6. The lowest BCUT2D eigenvalue weighted by Gasteiger charge is -2.18. The third-order valence-corrected chi connectivity index (χ3v) is 15.8. The maximum atomic E-state index is 12.9. The summed E-state index contributed by atoms with van der Waals surface area (Å²) in [4.78, 5) is 38.4. The van der Waals surface area contributed by atoms with Crippen molar-refractivity contribution in [3.8, 4) is 0 Å². The monoisotopic (exact) mass is 1110 g/mol. The zero-order valence-corrected chi connectivity index (χ0v) is 53.2. The van der Waals surface area contributed by atoms with Crippen LogP contribution in [-0.2, 0) is 28.6 Å². The van der Waals surface area contributed by atoms with Crippen molar-refractivity contribution >= 4 is 17.9 Å². The quantitative estimate of drug-likeness (QED) is 0.0261. The molecule has 0 spiro atoms. The SMILES string of the molecule is CCCCCCC/C=C\C/C=C\C/C=C\CCCCCCCCCCCCCCCCC(=O)OCC(COC(=O)CCCCCCC/C=C\CCCCCCCC)OC(=O)CCCCCCCCCCCCCCCCCCC. The maximum absolute atomic E-state index is 12.9. The molecule has 0 fully saturated rings. The Morgan fingerprint density at radius 3 is 0.722 bits per heavy atom. The molecule has 6 heteroatoms. The van der Waals surface area contributed by atoms with Crippen LogP contribution < -0.4 is 0 Å². The van der Waals surface area contributed by atoms with Crippen LogP contribution in [0.15, 0.2) is 48.6 Å². The molecule has 462 valence electrons. The molecule has 1 atom stereocenters. The minimum atomic E-state index is -0.775. The summed E-state index contributed by atoms with van der Waals surface area (Å²) in [6, 6.07) is 0. The molecular weight excluding hydrogens is 973 g/mol. The van der Waals surface area contributed by atoms with Crippen molar-refractivity contribution in [2.45, 2.75) is 386 Å². The van der Waals surface area contributed by atoms with Crippen LogP contribution in [0, 0.1) is 0 Å². The highest BCUT2D eigenvalue weighted by Crippen LogP contribution is 2.18. The fraction of sp³-hybridized carbons (Fsp3) is 0.849. The van der Waals surface area contributed by atoms with E-state index in [0.29, 0.717) is 19.3 Å². The molecule has 1 unspecified atom stereocenters. The van der Waals surface area contributed by atoms with Gasteiger partial charge in [0.25, 0.3) is 0 Å². The lowest BCUT2D eigenvalue weighted by atomic mass is 10.0. The second-order valence-corrected chi connectivity index (χ2v) is 23.8. The number of rotatable bonds is 65. The number of hydrogen-bond acceptors (Lipinski definition) is 6. The summed E-state index contributed by atoms with van der Waals surface area (Å²) < 4.78 is 17.0. The molecule has 0 saturated carbocycles. The minimum Gasteiger partial charge on any atom is -0.462 e. The van der Waals surface area contributed by atoms with Gasteiger partial charge in [0.2, 0.25) is 0 Å². The summed E-state index contributed by atoms with van der Waals surface area (Å²) >= 11 is 0. The van der Waals surface area contributed by atoms with Crippen LogP contribution >= 0.6 is 0 Å². The summed E-state index contributed by atoms with van der Waals surface area (Å²) in [5, 5.41) is 0. The molecule has 0 radical (unpaired) electrons. The molecule has 6 nitrogen and oxygen atoms in total. The molecule has 0 aromatic carbocycles. The first-order chi connectivity index (χ1) is 39.0. The van der Waals surface area contributed by atoms with Crippen molar-refractivity contribution in [2.75, 3.05) is 13.2 Å². The first kappa shape index (κ1) is 76.4. The molecular formula is C73H134O6. The van der Waals surface area contributed by atoms with Crippen molar-refractivity contribution in [1.82, 2.24) is 0 Å². The highest BCUT2D eigenvalue weighted by molar-refractivity contribution is 5.71. The van der Waals surface area contributed by atoms with E-state index in [0.717, 1.165) is 77.0 Å². The minimum absolute atomic E-state index is 0.0712. The van der Waals surface area contributed by atoms with Crippen LogP contribution in [0.4, 0.5) is 0 Å². The van der Waals surface area contributed by atoms with Gasteiger partial charge in [0.05, 0.1) is 0 Å². The van der Waals surface area contributed by atoms with Crippen LogP contribution in [0.25, 0.3) is 0 Å². The smallest absolute Gasteiger partial charge is 0.306 e. The van der Waals surface area contributed by atoms with Gasteiger partial charge in [-0.2, -0.15) is 0 Å². The van der Waals surface area contributed by atoms with E-state index in [9.17, 15) is 14.4 Å². The van der Waals surface area contributed by atoms with Gasteiger partial charge >= 0.3 is 17.9 Å². The highest BCUT2D eigenvalue weighted by Gasteiger charge is 2.19. The second-order valence-electron chi connectivity index (χ2n) is 23.8. The van der Waals surface area contributed by atoms with Gasteiger partial charge in [0, 0.05) is 19.3 Å². The molecule has 0 aliphatic heterocycles. The van der Waals surface area contributed by atoms with E-state index < -0.39 is 6.10 Å². The van der Waals surface area contributed by atoms with Gasteiger partial charge in [-0.25, -0.2) is 0 Å². The molecule has 0 bridgehead atoms. The Morgan fingerprint density at radius 1 is 0.253 bits per heavy atom. The summed E-state index contributed by atoms with van der Waals surface area (Å²) in [6.45, 7) is 6.68. The van der Waals surface area contributed by atoms with Crippen molar-refractivity contribution < 1.29 is 28.6 Å². The first-order valence-electron chi connectivity index (χ1n) is 35.1. The largest absolute Gasteiger partial charge is 0.462 e. The van der Waals surface area contributed by atoms with E-state index in [1.54, 1.807) is 0 Å². The normalized spacial score (nSPS) is 12.3. The summed E-state index contributed by atoms with van der Waals surface area (Å²) in [5.74, 6) is -0.854. The van der Waals surface area contributed by atoms with Crippen molar-refractivity contribution in [3.05, 3.63) is 48.6 Å². The predicted molar refractivity (Wildman–Crippen MR) is 344 cm³/mol. The molecule has 0 aromatic heterocycles. The van der Waals surface area contributed by atoms with Crippen molar-refractivity contribution in [2.24, 2.45) is 0 Å². The lowest BCUT2D eigenvalue weighted by molar-refractivity contribution is -0.167. The van der Waals surface area contributed by atoms with E-state index in [2.05, 4.69) is 69.4 Å². The number of ether oxygens (including phenoxy) is 3. The van der Waals surface area contributed by atoms with Crippen molar-refractivity contribution in [1.29, 1.82) is 0 Å². The molecule has 0 aliphatic rings. The Labute approximate surface area is 492 Å². The molecule has 0 aliphatic carbocycles. The highest BCUT2D eigenvalue weighted by atomic mass is 16.6.